The van der Waals surface area contributed by atoms with Crippen LogP contribution in [0.1, 0.15) is 16.2 Å². The van der Waals surface area contributed by atoms with Crippen molar-refractivity contribution in [3.05, 3.63) is 52.0 Å². The van der Waals surface area contributed by atoms with Crippen LogP contribution in [-0.4, -0.2) is 28.5 Å². The zero-order chi connectivity index (χ0) is 16.1. The van der Waals surface area contributed by atoms with Crippen LogP contribution in [0.25, 0.3) is 0 Å². The molecule has 0 radical (unpaired) electrons. The van der Waals surface area contributed by atoms with Gasteiger partial charge in [-0.05, 0) is 25.1 Å². The van der Waals surface area contributed by atoms with Crippen LogP contribution >= 0.6 is 23.2 Å². The van der Waals surface area contributed by atoms with Crippen LogP contribution in [0.3, 0.4) is 0 Å². The number of aryl methyl sites for hydroxylation is 1. The smallest absolute Gasteiger partial charge is 0.359 e. The lowest BCUT2D eigenvalue weighted by molar-refractivity contribution is -0.119. The Labute approximate surface area is 136 Å². The van der Waals surface area contributed by atoms with E-state index < -0.39 is 18.5 Å². The van der Waals surface area contributed by atoms with Crippen molar-refractivity contribution in [3.8, 4) is 0 Å². The quantitative estimate of drug-likeness (QED) is 0.866. The van der Waals surface area contributed by atoms with Gasteiger partial charge in [0.2, 0.25) is 0 Å². The number of carbonyl (C=O) groups excluding carboxylic acids is 2. The highest BCUT2D eigenvalue weighted by Crippen LogP contribution is 2.24. The van der Waals surface area contributed by atoms with Crippen LogP contribution in [-0.2, 0) is 9.53 Å². The molecule has 1 amide bonds. The van der Waals surface area contributed by atoms with Gasteiger partial charge in [-0.1, -0.05) is 23.2 Å². The molecule has 0 spiro atoms. The number of amides is 1. The van der Waals surface area contributed by atoms with E-state index in [9.17, 15) is 9.59 Å². The molecule has 1 aromatic heterocycles. The molecular weight excluding hydrogens is 329 g/mol. The average Bonchev–Trinajstić information content (AvgIpc) is 2.49. The number of halogens is 2. The molecule has 0 aliphatic rings. The van der Waals surface area contributed by atoms with E-state index in [1.54, 1.807) is 19.1 Å². The Hall–Kier alpha value is -2.18. The van der Waals surface area contributed by atoms with Crippen LogP contribution in [0.4, 0.5) is 5.69 Å². The second-order valence-corrected chi connectivity index (χ2v) is 5.11. The molecule has 0 unspecified atom stereocenters. The predicted octanol–water partition coefficient (Wildman–Crippen LogP) is 2.89. The van der Waals surface area contributed by atoms with Crippen LogP contribution in [0.5, 0.6) is 0 Å². The molecule has 6 nitrogen and oxygen atoms in total. The van der Waals surface area contributed by atoms with Gasteiger partial charge in [0.05, 0.1) is 21.9 Å². The monoisotopic (exact) mass is 339 g/mol. The summed E-state index contributed by atoms with van der Waals surface area (Å²) in [6.07, 6.45) is 2.72. The lowest BCUT2D eigenvalue weighted by atomic mass is 10.3. The molecule has 0 saturated carbocycles. The molecular formula is C14H11Cl2N3O3. The van der Waals surface area contributed by atoms with Gasteiger partial charge in [-0.25, -0.2) is 9.78 Å². The number of nitrogens with zero attached hydrogens (tertiary/aromatic N) is 2. The van der Waals surface area contributed by atoms with Crippen molar-refractivity contribution in [1.29, 1.82) is 0 Å². The largest absolute Gasteiger partial charge is 0.451 e. The van der Waals surface area contributed by atoms with Crippen molar-refractivity contribution in [3.63, 3.8) is 0 Å². The molecule has 0 aliphatic heterocycles. The zero-order valence-electron chi connectivity index (χ0n) is 11.5. The summed E-state index contributed by atoms with van der Waals surface area (Å²) in [5.74, 6) is -1.23. The van der Waals surface area contributed by atoms with Gasteiger partial charge in [0, 0.05) is 11.9 Å². The molecule has 8 heteroatoms. The Bertz CT molecular complexity index is 705. The lowest BCUT2D eigenvalue weighted by Gasteiger charge is -2.07. The van der Waals surface area contributed by atoms with Gasteiger partial charge in [0.15, 0.2) is 12.3 Å². The Balaban J connectivity index is 1.88. The maximum atomic E-state index is 11.7. The average molecular weight is 340 g/mol. The number of esters is 1. The van der Waals surface area contributed by atoms with Crippen molar-refractivity contribution in [2.24, 2.45) is 0 Å². The molecule has 0 aliphatic carbocycles. The Morgan fingerprint density at radius 2 is 1.95 bits per heavy atom. The van der Waals surface area contributed by atoms with E-state index in [-0.39, 0.29) is 5.69 Å². The van der Waals surface area contributed by atoms with Crippen LogP contribution in [0.15, 0.2) is 30.6 Å². The third-order valence-corrected chi connectivity index (χ3v) is 3.27. The molecule has 0 fully saturated rings. The number of nitrogens with one attached hydrogen (secondary N) is 1. The Morgan fingerprint density at radius 3 is 2.59 bits per heavy atom. The minimum Gasteiger partial charge on any atom is -0.451 e. The number of carbonyl (C=O) groups is 2. The van der Waals surface area contributed by atoms with E-state index in [4.69, 9.17) is 27.9 Å². The van der Waals surface area contributed by atoms with Crippen LogP contribution in [0.2, 0.25) is 10.0 Å². The number of benzene rings is 1. The summed E-state index contributed by atoms with van der Waals surface area (Å²) < 4.78 is 4.84. The summed E-state index contributed by atoms with van der Waals surface area (Å²) in [7, 11) is 0. The number of rotatable bonds is 4. The Kier molecular flexibility index (Phi) is 5.30. The first-order valence-corrected chi connectivity index (χ1v) is 6.92. The number of hydrogen-bond donors (Lipinski definition) is 1. The topological polar surface area (TPSA) is 81.2 Å². The van der Waals surface area contributed by atoms with Crippen LogP contribution < -0.4 is 5.32 Å². The molecule has 1 heterocycles. The predicted molar refractivity (Wildman–Crippen MR) is 82.1 cm³/mol. The summed E-state index contributed by atoms with van der Waals surface area (Å²) in [5, 5.41) is 3.22. The van der Waals surface area contributed by atoms with Crippen molar-refractivity contribution >= 4 is 40.8 Å². The van der Waals surface area contributed by atoms with Crippen molar-refractivity contribution in [2.75, 3.05) is 11.9 Å². The standard InChI is InChI=1S/C14H11Cl2N3O3/c1-8-5-18-12(6-17-8)14(21)22-7-13(20)19-9-2-3-10(15)11(16)4-9/h2-6H,7H2,1H3,(H,19,20). The highest BCUT2D eigenvalue weighted by atomic mass is 35.5. The molecule has 2 aromatic rings. The minimum absolute atomic E-state index is 0.0351. The Morgan fingerprint density at radius 1 is 1.18 bits per heavy atom. The third-order valence-electron chi connectivity index (χ3n) is 2.53. The van der Waals surface area contributed by atoms with Crippen molar-refractivity contribution < 1.29 is 14.3 Å². The second-order valence-electron chi connectivity index (χ2n) is 4.30. The molecule has 1 N–H and O–H groups in total. The first kappa shape index (κ1) is 16.2. The van der Waals surface area contributed by atoms with Gasteiger partial charge in [0.25, 0.3) is 5.91 Å². The fourth-order valence-electron chi connectivity index (χ4n) is 1.47. The van der Waals surface area contributed by atoms with Gasteiger partial charge in [-0.2, -0.15) is 0 Å². The van der Waals surface area contributed by atoms with Gasteiger partial charge < -0.3 is 10.1 Å². The van der Waals surface area contributed by atoms with Gasteiger partial charge in [0.1, 0.15) is 0 Å². The molecule has 114 valence electrons. The van der Waals surface area contributed by atoms with Gasteiger partial charge >= 0.3 is 5.97 Å². The summed E-state index contributed by atoms with van der Waals surface area (Å²) in [4.78, 5) is 31.1. The fourth-order valence-corrected chi connectivity index (χ4v) is 1.77. The fraction of sp³-hybridized carbons (Fsp3) is 0.143. The maximum absolute atomic E-state index is 11.7. The van der Waals surface area contributed by atoms with E-state index in [2.05, 4.69) is 15.3 Å². The zero-order valence-corrected chi connectivity index (χ0v) is 13.0. The normalized spacial score (nSPS) is 10.1. The summed E-state index contributed by atoms with van der Waals surface area (Å²) in [6.45, 7) is 1.29. The first-order chi connectivity index (χ1) is 10.5. The van der Waals surface area contributed by atoms with E-state index in [1.807, 2.05) is 0 Å². The van der Waals surface area contributed by atoms with E-state index in [0.29, 0.717) is 21.4 Å². The van der Waals surface area contributed by atoms with E-state index in [0.717, 1.165) is 0 Å². The van der Waals surface area contributed by atoms with E-state index >= 15 is 0 Å². The molecule has 2 rings (SSSR count). The van der Waals surface area contributed by atoms with Crippen LogP contribution in [0, 0.1) is 6.92 Å². The highest BCUT2D eigenvalue weighted by molar-refractivity contribution is 6.42. The van der Waals surface area contributed by atoms with Gasteiger partial charge in [-0.15, -0.1) is 0 Å². The summed E-state index contributed by atoms with van der Waals surface area (Å²) in [5.41, 5.74) is 1.16. The summed E-state index contributed by atoms with van der Waals surface area (Å²) in [6, 6.07) is 4.63. The number of hydrogen-bond acceptors (Lipinski definition) is 5. The summed E-state index contributed by atoms with van der Waals surface area (Å²) >= 11 is 11.6. The minimum atomic E-state index is -0.725. The third kappa shape index (κ3) is 4.41. The van der Waals surface area contributed by atoms with Gasteiger partial charge in [-0.3, -0.25) is 9.78 Å². The molecule has 0 atom stereocenters. The maximum Gasteiger partial charge on any atom is 0.359 e. The van der Waals surface area contributed by atoms with Crippen molar-refractivity contribution in [1.82, 2.24) is 9.97 Å². The number of aromatic nitrogens is 2. The molecule has 0 saturated heterocycles. The highest BCUT2D eigenvalue weighted by Gasteiger charge is 2.12. The first-order valence-electron chi connectivity index (χ1n) is 6.16. The number of anilines is 1. The molecule has 1 aromatic carbocycles. The molecule has 22 heavy (non-hydrogen) atoms. The van der Waals surface area contributed by atoms with Crippen molar-refractivity contribution in [2.45, 2.75) is 6.92 Å². The van der Waals surface area contributed by atoms with E-state index in [1.165, 1.54) is 18.5 Å². The SMILES string of the molecule is Cc1cnc(C(=O)OCC(=O)Nc2ccc(Cl)c(Cl)c2)cn1. The molecule has 0 bridgehead atoms. The second kappa shape index (κ2) is 7.20. The number of ether oxygens (including phenoxy) is 1. The lowest BCUT2D eigenvalue weighted by Crippen LogP contribution is -2.21.